The molecule has 1 fully saturated rings. The molecule has 0 N–H and O–H groups in total. The maximum atomic E-state index is 11.9. The molecule has 2 amide bonds. The van der Waals surface area contributed by atoms with E-state index in [1.165, 1.54) is 13.8 Å². The molecule has 0 bridgehead atoms. The molecule has 24 heavy (non-hydrogen) atoms. The molecule has 0 aromatic rings. The van der Waals surface area contributed by atoms with Gasteiger partial charge in [-0.2, -0.15) is 0 Å². The Kier molecular flexibility index (Phi) is 6.57. The summed E-state index contributed by atoms with van der Waals surface area (Å²) in [7, 11) is 0. The van der Waals surface area contributed by atoms with Crippen LogP contribution in [0.4, 0.5) is 0 Å². The number of imide groups is 1. The normalized spacial score (nSPS) is 16.4. The Morgan fingerprint density at radius 2 is 1.58 bits per heavy atom. The highest BCUT2D eigenvalue weighted by Gasteiger charge is 2.35. The Bertz CT molecular complexity index is 567. The highest BCUT2D eigenvalue weighted by molar-refractivity contribution is 6.01. The van der Waals surface area contributed by atoms with Gasteiger partial charge in [-0.25, -0.2) is 9.59 Å². The standard InChI is InChI=1S/C14H17NO9/c1-7(16)8(2)22-14(21)10(23-9(3)17)6-13(20)24-15-11(18)4-5-12(15)19/h8,10H,4-6H2,1-3H3/t8-,10-/m0/s1. The molecule has 10 heteroatoms. The Morgan fingerprint density at radius 3 is 2.04 bits per heavy atom. The third-order valence-corrected chi connectivity index (χ3v) is 2.99. The van der Waals surface area contributed by atoms with Gasteiger partial charge in [-0.1, -0.05) is 0 Å². The second-order valence-electron chi connectivity index (χ2n) is 5.04. The third-order valence-electron chi connectivity index (χ3n) is 2.99. The topological polar surface area (TPSA) is 133 Å². The average Bonchev–Trinajstić information content (AvgIpc) is 2.77. The lowest BCUT2D eigenvalue weighted by atomic mass is 10.2. The lowest BCUT2D eigenvalue weighted by molar-refractivity contribution is -0.200. The van der Waals surface area contributed by atoms with Gasteiger partial charge in [-0.05, 0) is 13.8 Å². The number of ether oxygens (including phenoxy) is 2. The molecule has 1 aliphatic heterocycles. The number of rotatable bonds is 7. The van der Waals surface area contributed by atoms with E-state index < -0.39 is 54.1 Å². The fourth-order valence-corrected chi connectivity index (χ4v) is 1.65. The largest absolute Gasteiger partial charge is 0.452 e. The molecule has 10 nitrogen and oxygen atoms in total. The van der Waals surface area contributed by atoms with Crippen LogP contribution in [0, 0.1) is 0 Å². The van der Waals surface area contributed by atoms with Gasteiger partial charge in [0.2, 0.25) is 6.10 Å². The fraction of sp³-hybridized carbons (Fsp3) is 0.571. The van der Waals surface area contributed by atoms with E-state index in [1.807, 2.05) is 0 Å². The minimum Gasteiger partial charge on any atom is -0.452 e. The van der Waals surface area contributed by atoms with Crippen LogP contribution in [0.2, 0.25) is 0 Å². The Balaban J connectivity index is 2.70. The van der Waals surface area contributed by atoms with Gasteiger partial charge in [0.1, 0.15) is 0 Å². The summed E-state index contributed by atoms with van der Waals surface area (Å²) in [4.78, 5) is 73.1. The molecule has 0 aromatic heterocycles. The number of carbonyl (C=O) groups is 6. The molecule has 1 saturated heterocycles. The number of Topliss-reactive ketones (excluding diaryl/α,β-unsaturated/α-hetero) is 1. The van der Waals surface area contributed by atoms with Crippen molar-refractivity contribution in [2.75, 3.05) is 0 Å². The molecule has 0 aliphatic carbocycles. The summed E-state index contributed by atoms with van der Waals surface area (Å²) < 4.78 is 9.43. The van der Waals surface area contributed by atoms with Crippen molar-refractivity contribution >= 4 is 35.5 Å². The van der Waals surface area contributed by atoms with Crippen LogP contribution in [0.3, 0.4) is 0 Å². The zero-order valence-electron chi connectivity index (χ0n) is 13.4. The van der Waals surface area contributed by atoms with Crippen molar-refractivity contribution in [3.05, 3.63) is 0 Å². The minimum absolute atomic E-state index is 0.0857. The SMILES string of the molecule is CC(=O)O[C@@H](CC(=O)ON1C(=O)CCC1=O)C(=O)O[C@@H](C)C(C)=O. The highest BCUT2D eigenvalue weighted by Crippen LogP contribution is 2.14. The van der Waals surface area contributed by atoms with Crippen LogP contribution in [0.15, 0.2) is 0 Å². The molecular weight excluding hydrogens is 326 g/mol. The van der Waals surface area contributed by atoms with Crippen molar-refractivity contribution in [2.24, 2.45) is 0 Å². The first kappa shape index (κ1) is 19.3. The summed E-state index contributed by atoms with van der Waals surface area (Å²) in [6, 6.07) is 0. The van der Waals surface area contributed by atoms with Gasteiger partial charge in [-0.15, -0.1) is 5.06 Å². The number of esters is 2. The van der Waals surface area contributed by atoms with Crippen molar-refractivity contribution in [1.82, 2.24) is 5.06 Å². The van der Waals surface area contributed by atoms with Gasteiger partial charge in [0, 0.05) is 19.8 Å². The van der Waals surface area contributed by atoms with Crippen LogP contribution in [-0.2, 0) is 43.1 Å². The number of hydrogen-bond acceptors (Lipinski definition) is 9. The molecule has 2 atom stereocenters. The Labute approximate surface area is 137 Å². The second-order valence-corrected chi connectivity index (χ2v) is 5.04. The molecule has 1 heterocycles. The van der Waals surface area contributed by atoms with E-state index in [0.717, 1.165) is 6.92 Å². The Morgan fingerprint density at radius 1 is 1.04 bits per heavy atom. The summed E-state index contributed by atoms with van der Waals surface area (Å²) in [6.45, 7) is 3.51. The molecular formula is C14H17NO9. The number of hydroxylamine groups is 2. The number of ketones is 1. The van der Waals surface area contributed by atoms with Crippen LogP contribution in [0.1, 0.15) is 40.0 Å². The lowest BCUT2D eigenvalue weighted by Gasteiger charge is -2.18. The van der Waals surface area contributed by atoms with E-state index in [2.05, 4.69) is 9.57 Å². The number of carbonyl (C=O) groups excluding carboxylic acids is 6. The predicted molar refractivity (Wildman–Crippen MR) is 73.6 cm³/mol. The van der Waals surface area contributed by atoms with E-state index >= 15 is 0 Å². The first-order chi connectivity index (χ1) is 11.1. The fourth-order valence-electron chi connectivity index (χ4n) is 1.65. The van der Waals surface area contributed by atoms with Crippen LogP contribution in [0.25, 0.3) is 0 Å². The number of hydrogen-bond donors (Lipinski definition) is 0. The molecule has 0 saturated carbocycles. The van der Waals surface area contributed by atoms with E-state index in [1.54, 1.807) is 0 Å². The number of amides is 2. The monoisotopic (exact) mass is 343 g/mol. The van der Waals surface area contributed by atoms with Crippen molar-refractivity contribution in [1.29, 1.82) is 0 Å². The zero-order valence-corrected chi connectivity index (χ0v) is 13.4. The second kappa shape index (κ2) is 8.18. The molecule has 0 aromatic carbocycles. The molecule has 0 radical (unpaired) electrons. The average molecular weight is 343 g/mol. The molecule has 1 rings (SSSR count). The quantitative estimate of drug-likeness (QED) is 0.440. The minimum atomic E-state index is -1.66. The number of nitrogens with zero attached hydrogens (tertiary/aromatic N) is 1. The highest BCUT2D eigenvalue weighted by atomic mass is 16.7. The van der Waals surface area contributed by atoms with Crippen molar-refractivity contribution in [3.63, 3.8) is 0 Å². The molecule has 132 valence electrons. The zero-order chi connectivity index (χ0) is 18.4. The molecule has 0 unspecified atom stereocenters. The van der Waals surface area contributed by atoms with Crippen LogP contribution in [0.5, 0.6) is 0 Å². The van der Waals surface area contributed by atoms with Gasteiger partial charge in [0.15, 0.2) is 11.9 Å². The van der Waals surface area contributed by atoms with Crippen LogP contribution in [-0.4, -0.2) is 52.8 Å². The summed E-state index contributed by atoms with van der Waals surface area (Å²) >= 11 is 0. The summed E-state index contributed by atoms with van der Waals surface area (Å²) in [5, 5.41) is 0.302. The predicted octanol–water partition coefficient (Wildman–Crippen LogP) is -0.564. The van der Waals surface area contributed by atoms with E-state index in [-0.39, 0.29) is 12.8 Å². The summed E-state index contributed by atoms with van der Waals surface area (Å²) in [5.41, 5.74) is 0. The smallest absolute Gasteiger partial charge is 0.348 e. The van der Waals surface area contributed by atoms with Gasteiger partial charge in [0.05, 0.1) is 6.42 Å². The van der Waals surface area contributed by atoms with E-state index in [9.17, 15) is 28.8 Å². The van der Waals surface area contributed by atoms with E-state index in [4.69, 9.17) is 4.74 Å². The van der Waals surface area contributed by atoms with Crippen molar-refractivity contribution < 1.29 is 43.1 Å². The summed E-state index contributed by atoms with van der Waals surface area (Å²) in [5.74, 6) is -4.95. The van der Waals surface area contributed by atoms with Gasteiger partial charge in [-0.3, -0.25) is 19.2 Å². The molecule has 1 aliphatic rings. The van der Waals surface area contributed by atoms with Crippen molar-refractivity contribution in [2.45, 2.75) is 52.2 Å². The maximum Gasteiger partial charge on any atom is 0.348 e. The lowest BCUT2D eigenvalue weighted by Crippen LogP contribution is -2.38. The maximum absolute atomic E-state index is 11.9. The van der Waals surface area contributed by atoms with E-state index in [0.29, 0.717) is 5.06 Å². The first-order valence-corrected chi connectivity index (χ1v) is 7.06. The van der Waals surface area contributed by atoms with Crippen LogP contribution < -0.4 is 0 Å². The van der Waals surface area contributed by atoms with Gasteiger partial charge < -0.3 is 14.3 Å². The molecule has 0 spiro atoms. The van der Waals surface area contributed by atoms with Crippen molar-refractivity contribution in [3.8, 4) is 0 Å². The summed E-state index contributed by atoms with van der Waals surface area (Å²) in [6.07, 6.45) is -3.70. The Hall–Kier alpha value is -2.78. The van der Waals surface area contributed by atoms with Crippen LogP contribution >= 0.6 is 0 Å². The first-order valence-electron chi connectivity index (χ1n) is 7.06. The van der Waals surface area contributed by atoms with Gasteiger partial charge >= 0.3 is 17.9 Å². The third kappa shape index (κ3) is 5.45. The van der Waals surface area contributed by atoms with Gasteiger partial charge in [0.25, 0.3) is 11.8 Å².